The third kappa shape index (κ3) is 4.39. The molecule has 1 aromatic carbocycles. The molecule has 6 nitrogen and oxygen atoms in total. The van der Waals surface area contributed by atoms with Gasteiger partial charge in [-0.25, -0.2) is 13.1 Å². The summed E-state index contributed by atoms with van der Waals surface area (Å²) in [7, 11) is -1.43. The van der Waals surface area contributed by atoms with Gasteiger partial charge in [-0.1, -0.05) is 12.1 Å². The van der Waals surface area contributed by atoms with Crippen molar-refractivity contribution < 1.29 is 18.5 Å². The highest BCUT2D eigenvalue weighted by Gasteiger charge is 2.15. The zero-order valence-electron chi connectivity index (χ0n) is 10.4. The number of rotatable bonds is 6. The second kappa shape index (κ2) is 6.30. The van der Waals surface area contributed by atoms with E-state index < -0.39 is 17.1 Å². The van der Waals surface area contributed by atoms with Crippen LogP contribution >= 0.6 is 0 Å². The smallest absolute Gasteiger partial charge is 0.423 e. The Kier molecular flexibility index (Phi) is 5.30. The Morgan fingerprint density at radius 3 is 2.22 bits per heavy atom. The Morgan fingerprint density at radius 1 is 1.22 bits per heavy atom. The molecule has 0 bridgehead atoms. The van der Waals surface area contributed by atoms with Crippen LogP contribution in [0, 0.1) is 0 Å². The van der Waals surface area contributed by atoms with Gasteiger partial charge in [0.05, 0.1) is 4.90 Å². The Morgan fingerprint density at radius 2 is 1.78 bits per heavy atom. The lowest BCUT2D eigenvalue weighted by Crippen LogP contribution is -2.32. The van der Waals surface area contributed by atoms with Gasteiger partial charge in [-0.05, 0) is 31.7 Å². The molecule has 0 amide bonds. The first-order chi connectivity index (χ1) is 8.33. The van der Waals surface area contributed by atoms with Crippen molar-refractivity contribution in [2.24, 2.45) is 0 Å². The third-order valence-electron chi connectivity index (χ3n) is 2.34. The van der Waals surface area contributed by atoms with Gasteiger partial charge in [0.1, 0.15) is 0 Å². The molecule has 0 radical (unpaired) electrons. The van der Waals surface area contributed by atoms with Gasteiger partial charge in [-0.3, -0.25) is 0 Å². The zero-order valence-corrected chi connectivity index (χ0v) is 11.2. The van der Waals surface area contributed by atoms with E-state index in [2.05, 4.69) is 4.72 Å². The molecule has 3 N–H and O–H groups in total. The Hall–Kier alpha value is -0.925. The highest BCUT2D eigenvalue weighted by atomic mass is 32.2. The second-order valence-electron chi connectivity index (χ2n) is 4.14. The molecular weight excluding hydrogens is 255 g/mol. The van der Waals surface area contributed by atoms with Crippen molar-refractivity contribution in [1.82, 2.24) is 9.62 Å². The van der Waals surface area contributed by atoms with Crippen molar-refractivity contribution >= 4 is 22.6 Å². The van der Waals surface area contributed by atoms with Gasteiger partial charge in [0.25, 0.3) is 0 Å². The highest BCUT2D eigenvalue weighted by Crippen LogP contribution is 2.06. The average Bonchev–Trinajstić information content (AvgIpc) is 2.28. The third-order valence-corrected chi connectivity index (χ3v) is 3.82. The van der Waals surface area contributed by atoms with Crippen molar-refractivity contribution in [3.8, 4) is 0 Å². The van der Waals surface area contributed by atoms with Crippen LogP contribution in [0.1, 0.15) is 0 Å². The van der Waals surface area contributed by atoms with Gasteiger partial charge < -0.3 is 14.9 Å². The summed E-state index contributed by atoms with van der Waals surface area (Å²) in [5.41, 5.74) is 0.252. The Balaban J connectivity index is 2.73. The average molecular weight is 272 g/mol. The quantitative estimate of drug-likeness (QED) is 0.532. The van der Waals surface area contributed by atoms with Crippen LogP contribution in [0.3, 0.4) is 0 Å². The monoisotopic (exact) mass is 272 g/mol. The van der Waals surface area contributed by atoms with E-state index in [-0.39, 0.29) is 10.4 Å². The van der Waals surface area contributed by atoms with E-state index in [1.165, 1.54) is 24.3 Å². The maximum absolute atomic E-state index is 11.8. The number of nitrogens with zero attached hydrogens (tertiary/aromatic N) is 1. The first-order valence-electron chi connectivity index (χ1n) is 5.43. The van der Waals surface area contributed by atoms with Crippen molar-refractivity contribution in [2.75, 3.05) is 27.2 Å². The van der Waals surface area contributed by atoms with Crippen LogP contribution in [-0.4, -0.2) is 57.7 Å². The summed E-state index contributed by atoms with van der Waals surface area (Å²) in [6, 6.07) is 5.41. The number of likely N-dealkylation sites (N-methyl/N-ethyl adjacent to an activating group) is 1. The maximum Gasteiger partial charge on any atom is 0.488 e. The molecule has 0 fully saturated rings. The number of benzene rings is 1. The van der Waals surface area contributed by atoms with Gasteiger partial charge in [-0.15, -0.1) is 0 Å². The van der Waals surface area contributed by atoms with Gasteiger partial charge in [0.15, 0.2) is 0 Å². The van der Waals surface area contributed by atoms with E-state index >= 15 is 0 Å². The molecule has 1 rings (SSSR count). The molecule has 0 aliphatic heterocycles. The lowest BCUT2D eigenvalue weighted by Gasteiger charge is -2.11. The fraction of sp³-hybridized carbons (Fsp3) is 0.400. The van der Waals surface area contributed by atoms with E-state index in [0.717, 1.165) is 0 Å². The summed E-state index contributed by atoms with van der Waals surface area (Å²) in [6.45, 7) is 0.923. The predicted octanol–water partition coefficient (Wildman–Crippen LogP) is -1.79. The number of nitrogens with one attached hydrogen (secondary N) is 1. The molecule has 0 aliphatic carbocycles. The van der Waals surface area contributed by atoms with Crippen molar-refractivity contribution in [2.45, 2.75) is 4.90 Å². The van der Waals surface area contributed by atoms with E-state index in [1.807, 2.05) is 19.0 Å². The summed E-state index contributed by atoms with van der Waals surface area (Å²) in [6.07, 6.45) is 0. The molecule has 0 saturated carbocycles. The van der Waals surface area contributed by atoms with Crippen molar-refractivity contribution in [3.63, 3.8) is 0 Å². The minimum atomic E-state index is -3.54. The lowest BCUT2D eigenvalue weighted by atomic mass is 9.81. The summed E-state index contributed by atoms with van der Waals surface area (Å²) in [5, 5.41) is 17.8. The molecule has 0 aromatic heterocycles. The molecule has 0 saturated heterocycles. The highest BCUT2D eigenvalue weighted by molar-refractivity contribution is 7.89. The molecule has 8 heteroatoms. The molecule has 100 valence electrons. The normalized spacial score (nSPS) is 11.8. The standard InChI is InChI=1S/C10H17BN2O4S/c1-13(2)8-7-12-18(16,17)10-5-3-9(4-6-10)11(14)15/h3-6,12,14-15H,7-8H2,1-2H3. The summed E-state index contributed by atoms with van der Waals surface area (Å²) >= 11 is 0. The van der Waals surface area contributed by atoms with Crippen LogP contribution in [0.2, 0.25) is 0 Å². The number of sulfonamides is 1. The van der Waals surface area contributed by atoms with Gasteiger partial charge in [0.2, 0.25) is 10.0 Å². The molecule has 18 heavy (non-hydrogen) atoms. The molecule has 0 aliphatic rings. The summed E-state index contributed by atoms with van der Waals surface area (Å²) in [5.74, 6) is 0. The Labute approximate surface area is 107 Å². The van der Waals surface area contributed by atoms with Crippen molar-refractivity contribution in [3.05, 3.63) is 24.3 Å². The van der Waals surface area contributed by atoms with Gasteiger partial charge in [-0.2, -0.15) is 0 Å². The fourth-order valence-corrected chi connectivity index (χ4v) is 2.33. The first-order valence-corrected chi connectivity index (χ1v) is 6.92. The van der Waals surface area contributed by atoms with Crippen LogP contribution < -0.4 is 10.2 Å². The SMILES string of the molecule is CN(C)CCNS(=O)(=O)c1ccc(B(O)O)cc1. The summed E-state index contributed by atoms with van der Waals surface area (Å²) in [4.78, 5) is 1.97. The van der Waals surface area contributed by atoms with Gasteiger partial charge >= 0.3 is 7.12 Å². The van der Waals surface area contributed by atoms with Gasteiger partial charge in [0, 0.05) is 13.1 Å². The molecule has 0 unspecified atom stereocenters. The minimum Gasteiger partial charge on any atom is -0.423 e. The largest absolute Gasteiger partial charge is 0.488 e. The van der Waals surface area contributed by atoms with Crippen molar-refractivity contribution in [1.29, 1.82) is 0 Å². The minimum absolute atomic E-state index is 0.102. The Bertz CT molecular complexity index is 473. The maximum atomic E-state index is 11.8. The zero-order chi connectivity index (χ0) is 13.8. The lowest BCUT2D eigenvalue weighted by molar-refractivity contribution is 0.412. The van der Waals surface area contributed by atoms with E-state index in [1.54, 1.807) is 0 Å². The topological polar surface area (TPSA) is 89.9 Å². The molecule has 0 heterocycles. The van der Waals surface area contributed by atoms with Crippen LogP contribution in [0.15, 0.2) is 29.2 Å². The summed E-state index contributed by atoms with van der Waals surface area (Å²) < 4.78 is 26.1. The van der Waals surface area contributed by atoms with E-state index in [9.17, 15) is 8.42 Å². The molecule has 0 atom stereocenters. The molecule has 0 spiro atoms. The molecular formula is C10H17BN2O4S. The number of hydrogen-bond acceptors (Lipinski definition) is 5. The predicted molar refractivity (Wildman–Crippen MR) is 70.0 cm³/mol. The van der Waals surface area contributed by atoms with Crippen LogP contribution in [0.5, 0.6) is 0 Å². The van der Waals surface area contributed by atoms with Crippen LogP contribution in [-0.2, 0) is 10.0 Å². The van der Waals surface area contributed by atoms with Crippen LogP contribution in [0.25, 0.3) is 0 Å². The van der Waals surface area contributed by atoms with Crippen LogP contribution in [0.4, 0.5) is 0 Å². The molecule has 1 aromatic rings. The fourth-order valence-electron chi connectivity index (χ4n) is 1.31. The number of hydrogen-bond donors (Lipinski definition) is 3. The first kappa shape index (κ1) is 15.1. The van der Waals surface area contributed by atoms with E-state index in [4.69, 9.17) is 10.0 Å². The van der Waals surface area contributed by atoms with E-state index in [0.29, 0.717) is 13.1 Å². The second-order valence-corrected chi connectivity index (χ2v) is 5.91.